The molecule has 3 heterocycles. The maximum atomic E-state index is 13.6. The van der Waals surface area contributed by atoms with Crippen LogP contribution in [-0.2, 0) is 10.0 Å². The van der Waals surface area contributed by atoms with E-state index in [1.165, 1.54) is 46.6 Å². The minimum absolute atomic E-state index is 0.0858. The number of likely N-dealkylation sites (N-methyl/N-ethyl adjacent to an activating group) is 1. The van der Waals surface area contributed by atoms with Gasteiger partial charge in [-0.25, -0.2) is 17.4 Å². The summed E-state index contributed by atoms with van der Waals surface area (Å²) in [6.07, 6.45) is 4.61. The van der Waals surface area contributed by atoms with Crippen molar-refractivity contribution >= 4 is 55.2 Å². The second kappa shape index (κ2) is 11.5. The summed E-state index contributed by atoms with van der Waals surface area (Å²) in [7, 11) is -0.462. The Morgan fingerprint density at radius 1 is 1.09 bits per heavy atom. The van der Waals surface area contributed by atoms with Gasteiger partial charge in [-0.05, 0) is 43.3 Å². The lowest BCUT2D eigenvalue weighted by atomic mass is 9.97. The van der Waals surface area contributed by atoms with E-state index in [1.807, 2.05) is 13.1 Å². The minimum atomic E-state index is -3.94. The molecule has 0 saturated heterocycles. The predicted molar refractivity (Wildman–Crippen MR) is 172 cm³/mol. The summed E-state index contributed by atoms with van der Waals surface area (Å²) in [5, 5.41) is 13.0. The van der Waals surface area contributed by atoms with Gasteiger partial charge in [0.15, 0.2) is 6.29 Å². The number of nitrogens with two attached hydrogens (primary N) is 1. The Kier molecular flexibility index (Phi) is 7.76. The number of nitrogens with zero attached hydrogens (tertiary/aromatic N) is 5. The molecule has 0 saturated carbocycles. The first-order valence-corrected chi connectivity index (χ1v) is 15.6. The summed E-state index contributed by atoms with van der Waals surface area (Å²) in [5.41, 5.74) is 9.34. The van der Waals surface area contributed by atoms with Crippen LogP contribution < -0.4 is 15.4 Å². The van der Waals surface area contributed by atoms with Crippen molar-refractivity contribution in [3.63, 3.8) is 0 Å². The van der Waals surface area contributed by atoms with Crippen molar-refractivity contribution in [2.75, 3.05) is 32.1 Å². The number of rotatable bonds is 7. The van der Waals surface area contributed by atoms with Crippen LogP contribution in [0.4, 0.5) is 11.4 Å². The number of nitro groups is 1. The van der Waals surface area contributed by atoms with Gasteiger partial charge in [0.25, 0.3) is 15.7 Å². The van der Waals surface area contributed by atoms with E-state index in [9.17, 15) is 18.5 Å². The minimum Gasteiger partial charge on any atom is -0.495 e. The molecule has 2 aliphatic heterocycles. The summed E-state index contributed by atoms with van der Waals surface area (Å²) >= 11 is 6.82. The first kappa shape index (κ1) is 29.6. The number of aliphatic imine (C=N–C) groups is 1. The van der Waals surface area contributed by atoms with Gasteiger partial charge in [0.1, 0.15) is 5.75 Å². The lowest BCUT2D eigenvalue weighted by Crippen LogP contribution is -2.41. The maximum absolute atomic E-state index is 13.6. The number of nitro benzene ring substituents is 1. The lowest BCUT2D eigenvalue weighted by Gasteiger charge is -2.31. The van der Waals surface area contributed by atoms with E-state index in [0.29, 0.717) is 46.4 Å². The molecule has 0 aliphatic carbocycles. The number of methoxy groups -OCH3 is 1. The third-order valence-electron chi connectivity index (χ3n) is 7.79. The molecule has 4 aromatic rings. The van der Waals surface area contributed by atoms with Crippen LogP contribution in [0.25, 0.3) is 16.5 Å². The zero-order valence-corrected chi connectivity index (χ0v) is 25.5. The summed E-state index contributed by atoms with van der Waals surface area (Å²) in [6.45, 7) is 1.47. The molecule has 0 radical (unpaired) electrons. The first-order valence-electron chi connectivity index (χ1n) is 13.7. The molecule has 3 aromatic carbocycles. The van der Waals surface area contributed by atoms with Crippen molar-refractivity contribution in [3.8, 4) is 5.75 Å². The van der Waals surface area contributed by atoms with E-state index in [1.54, 1.807) is 48.5 Å². The highest BCUT2D eigenvalue weighted by atomic mass is 35.5. The Hall–Kier alpha value is -4.49. The third kappa shape index (κ3) is 5.15. The van der Waals surface area contributed by atoms with E-state index in [2.05, 4.69) is 9.89 Å². The van der Waals surface area contributed by atoms with Gasteiger partial charge in [-0.2, -0.15) is 0 Å². The van der Waals surface area contributed by atoms with Crippen molar-refractivity contribution in [3.05, 3.63) is 111 Å². The van der Waals surface area contributed by atoms with E-state index < -0.39 is 21.2 Å². The number of ether oxygens (including phenoxy) is 1. The molecule has 6 rings (SSSR count). The Balaban J connectivity index is 1.42. The zero-order chi connectivity index (χ0) is 31.2. The Labute approximate surface area is 259 Å². The molecular formula is C31H29ClN6O5S. The number of benzene rings is 3. The van der Waals surface area contributed by atoms with Crippen LogP contribution in [0.2, 0.25) is 0 Å². The molecule has 1 atom stereocenters. The molecule has 0 fully saturated rings. The average molecular weight is 633 g/mol. The molecule has 44 heavy (non-hydrogen) atoms. The number of hydrogen-bond donors (Lipinski definition) is 1. The van der Waals surface area contributed by atoms with Crippen LogP contribution in [0.3, 0.4) is 0 Å². The van der Waals surface area contributed by atoms with Crippen molar-refractivity contribution < 1.29 is 18.1 Å². The SMILES string of the molecule is COc1cc(C2=CCN(C)CC2)c([N+](=O)[O-])cc1N1C=C(Cl)C(c2cn(S(=O)(=O)c3ccccc3)c3ccccc23)=NC1N. The van der Waals surface area contributed by atoms with Gasteiger partial charge in [-0.3, -0.25) is 15.8 Å². The number of anilines is 1. The van der Waals surface area contributed by atoms with Crippen LogP contribution in [0.1, 0.15) is 17.5 Å². The number of fused-ring (bicyclic) bond motifs is 1. The van der Waals surface area contributed by atoms with Crippen LogP contribution in [0, 0.1) is 10.1 Å². The molecule has 0 spiro atoms. The van der Waals surface area contributed by atoms with Crippen molar-refractivity contribution in [2.24, 2.45) is 10.7 Å². The maximum Gasteiger partial charge on any atom is 0.279 e. The van der Waals surface area contributed by atoms with Gasteiger partial charge in [-0.15, -0.1) is 0 Å². The van der Waals surface area contributed by atoms with Crippen LogP contribution in [0.5, 0.6) is 5.75 Å². The fourth-order valence-corrected chi connectivity index (χ4v) is 7.16. The summed E-state index contributed by atoms with van der Waals surface area (Å²) < 4.78 is 34.1. The van der Waals surface area contributed by atoms with Crippen molar-refractivity contribution in [1.82, 2.24) is 8.87 Å². The average Bonchev–Trinajstić information content (AvgIpc) is 3.42. The number of halogens is 1. The largest absolute Gasteiger partial charge is 0.495 e. The van der Waals surface area contributed by atoms with Crippen LogP contribution in [0.15, 0.2) is 100 Å². The van der Waals surface area contributed by atoms with E-state index in [-0.39, 0.29) is 21.3 Å². The van der Waals surface area contributed by atoms with Gasteiger partial charge in [-0.1, -0.05) is 54.1 Å². The quantitative estimate of drug-likeness (QED) is 0.218. The van der Waals surface area contributed by atoms with Crippen LogP contribution >= 0.6 is 11.6 Å². The van der Waals surface area contributed by atoms with Gasteiger partial charge >= 0.3 is 0 Å². The summed E-state index contributed by atoms with van der Waals surface area (Å²) in [6, 6.07) is 18.2. The van der Waals surface area contributed by atoms with Gasteiger partial charge in [0, 0.05) is 42.5 Å². The number of para-hydroxylation sites is 1. The Morgan fingerprint density at radius 3 is 2.50 bits per heavy atom. The standard InChI is InChI=1S/C31H29ClN6O5S/c1-35-14-12-20(13-15-35)23-16-29(43-2)28(17-27(23)38(39)40)36-19-25(32)30(34-31(36)33)24-18-37(26-11-7-6-10-22(24)26)44(41,42)21-8-4-3-5-9-21/h3-12,16-19,31H,13-15,33H2,1-2H3. The van der Waals surface area contributed by atoms with E-state index >= 15 is 0 Å². The molecular weight excluding hydrogens is 604 g/mol. The summed E-state index contributed by atoms with van der Waals surface area (Å²) in [5.74, 6) is 0.366. The Morgan fingerprint density at radius 2 is 1.82 bits per heavy atom. The van der Waals surface area contributed by atoms with E-state index in [0.717, 1.165) is 12.1 Å². The molecule has 1 unspecified atom stereocenters. The van der Waals surface area contributed by atoms with Gasteiger partial charge in [0.2, 0.25) is 0 Å². The summed E-state index contributed by atoms with van der Waals surface area (Å²) in [4.78, 5) is 20.2. The van der Waals surface area contributed by atoms with Crippen molar-refractivity contribution in [2.45, 2.75) is 17.6 Å². The van der Waals surface area contributed by atoms with E-state index in [4.69, 9.17) is 22.1 Å². The number of aromatic nitrogens is 1. The third-order valence-corrected chi connectivity index (χ3v) is 9.75. The molecule has 13 heteroatoms. The molecule has 226 valence electrons. The molecule has 2 N–H and O–H groups in total. The highest BCUT2D eigenvalue weighted by Crippen LogP contribution is 2.42. The number of allylic oxidation sites excluding steroid dienone is 1. The second-order valence-corrected chi connectivity index (χ2v) is 12.7. The molecule has 0 bridgehead atoms. The normalized spacial score (nSPS) is 17.7. The lowest BCUT2D eigenvalue weighted by molar-refractivity contribution is -0.385. The second-order valence-electron chi connectivity index (χ2n) is 10.5. The number of hydrogen-bond acceptors (Lipinski definition) is 9. The molecule has 0 amide bonds. The van der Waals surface area contributed by atoms with Gasteiger partial charge in [0.05, 0.1) is 44.4 Å². The smallest absolute Gasteiger partial charge is 0.279 e. The Bertz CT molecular complexity index is 1990. The fourth-order valence-electron chi connectivity index (χ4n) is 5.52. The highest BCUT2D eigenvalue weighted by molar-refractivity contribution is 7.90. The molecule has 11 nitrogen and oxygen atoms in total. The molecule has 1 aromatic heterocycles. The van der Waals surface area contributed by atoms with Crippen LogP contribution in [-0.4, -0.2) is 61.5 Å². The predicted octanol–water partition coefficient (Wildman–Crippen LogP) is 5.15. The highest BCUT2D eigenvalue weighted by Gasteiger charge is 2.31. The zero-order valence-electron chi connectivity index (χ0n) is 23.9. The molecule has 2 aliphatic rings. The fraction of sp³-hybridized carbons (Fsp3) is 0.194. The monoisotopic (exact) mass is 632 g/mol. The van der Waals surface area contributed by atoms with Crippen molar-refractivity contribution in [1.29, 1.82) is 0 Å². The topological polar surface area (TPSA) is 136 Å². The van der Waals surface area contributed by atoms with Gasteiger partial charge < -0.3 is 14.5 Å². The first-order chi connectivity index (χ1) is 21.1.